The molecule has 1 saturated heterocycles. The molecule has 3 aromatic heterocycles. The summed E-state index contributed by atoms with van der Waals surface area (Å²) in [6.45, 7) is 2.60. The van der Waals surface area contributed by atoms with Gasteiger partial charge in [0, 0.05) is 42.1 Å². The number of amides is 1. The SMILES string of the molecule is Nc1ncnc2c1c(-c1cccc(O)c1)nn2CC(c1cccc(Cl)c1)c1nc2cccc(C#CCCCC(=O)N3CCOCC3)c2c(=O)[nH]1. The molecule has 0 radical (unpaired) electrons. The number of aromatic amines is 1. The molecule has 3 aromatic carbocycles. The predicted octanol–water partition coefficient (Wildman–Crippen LogP) is 4.88. The number of nitrogen functional groups attached to an aromatic ring is 1. The first-order chi connectivity index (χ1) is 24.4. The second-order valence-electron chi connectivity index (χ2n) is 11.9. The van der Waals surface area contributed by atoms with Gasteiger partial charge in [0.25, 0.3) is 5.56 Å². The quantitative estimate of drug-likeness (QED) is 0.149. The zero-order chi connectivity index (χ0) is 34.6. The Bertz CT molecular complexity index is 2340. The van der Waals surface area contributed by atoms with Crippen LogP contribution in [0.1, 0.15) is 42.1 Å². The van der Waals surface area contributed by atoms with Crippen molar-refractivity contribution in [2.45, 2.75) is 31.7 Å². The maximum Gasteiger partial charge on any atom is 0.260 e. The number of halogens is 1. The average Bonchev–Trinajstić information content (AvgIpc) is 3.50. The maximum absolute atomic E-state index is 13.8. The number of H-pyrrole nitrogens is 1. The molecule has 1 unspecified atom stereocenters. The zero-order valence-electron chi connectivity index (χ0n) is 27.0. The van der Waals surface area contributed by atoms with Gasteiger partial charge in [-0.25, -0.2) is 19.6 Å². The normalized spacial score (nSPS) is 13.7. The Balaban J connectivity index is 1.22. The van der Waals surface area contributed by atoms with Crippen LogP contribution >= 0.6 is 11.6 Å². The summed E-state index contributed by atoms with van der Waals surface area (Å²) in [6.07, 6.45) is 2.93. The number of fused-ring (bicyclic) bond motifs is 2. The van der Waals surface area contributed by atoms with Gasteiger partial charge in [-0.1, -0.05) is 53.8 Å². The lowest BCUT2D eigenvalue weighted by Gasteiger charge is -2.26. The van der Waals surface area contributed by atoms with E-state index in [1.165, 1.54) is 6.33 Å². The van der Waals surface area contributed by atoms with Crippen LogP contribution in [0.4, 0.5) is 5.82 Å². The molecule has 0 saturated carbocycles. The number of aromatic nitrogens is 6. The van der Waals surface area contributed by atoms with Gasteiger partial charge in [-0.3, -0.25) is 9.59 Å². The van der Waals surface area contributed by atoms with Gasteiger partial charge in [-0.2, -0.15) is 5.10 Å². The molecule has 13 heteroatoms. The minimum absolute atomic E-state index is 0.0818. The Morgan fingerprint density at radius 2 is 1.88 bits per heavy atom. The van der Waals surface area contributed by atoms with Crippen LogP contribution in [0, 0.1) is 11.8 Å². The molecule has 50 heavy (non-hydrogen) atoms. The number of ether oxygens (including phenoxy) is 1. The standard InChI is InChI=1S/C37H33ClN8O4/c38-26-11-4-9-24(19-26)28(21-46-36-32(34(39)40-22-41-36)33(44-46)25-10-5-12-27(47)20-25)35-42-29-13-6-8-23(31(29)37(49)43-35)7-2-1-3-14-30(48)45-15-17-50-18-16-45/h4-6,8-13,19-20,22,28,47H,1,3,14-18,21H2,(H2,39,40,41)(H,42,43,49). The maximum atomic E-state index is 13.8. The number of aromatic hydroxyl groups is 1. The van der Waals surface area contributed by atoms with Crippen LogP contribution in [0.25, 0.3) is 33.2 Å². The molecule has 1 fully saturated rings. The largest absolute Gasteiger partial charge is 0.508 e. The first-order valence-corrected chi connectivity index (χ1v) is 16.6. The van der Waals surface area contributed by atoms with Gasteiger partial charge in [0.1, 0.15) is 29.4 Å². The molecule has 252 valence electrons. The van der Waals surface area contributed by atoms with Crippen LogP contribution in [0.3, 0.4) is 0 Å². The second-order valence-corrected chi connectivity index (χ2v) is 12.4. The Hall–Kier alpha value is -5.77. The molecular formula is C37H33ClN8O4. The van der Waals surface area contributed by atoms with E-state index in [2.05, 4.69) is 26.8 Å². The molecular weight excluding hydrogens is 656 g/mol. The number of nitrogens with two attached hydrogens (primary N) is 1. The van der Waals surface area contributed by atoms with Crippen molar-refractivity contribution < 1.29 is 14.6 Å². The minimum Gasteiger partial charge on any atom is -0.508 e. The van der Waals surface area contributed by atoms with E-state index in [1.54, 1.807) is 41.1 Å². The number of carbonyl (C=O) groups excluding carboxylic acids is 1. The van der Waals surface area contributed by atoms with Crippen molar-refractivity contribution in [1.82, 2.24) is 34.6 Å². The smallest absolute Gasteiger partial charge is 0.260 e. The highest BCUT2D eigenvalue weighted by Crippen LogP contribution is 2.34. The van der Waals surface area contributed by atoms with Crippen molar-refractivity contribution >= 4 is 45.3 Å². The van der Waals surface area contributed by atoms with E-state index in [4.69, 9.17) is 32.2 Å². The summed E-state index contributed by atoms with van der Waals surface area (Å²) in [5.74, 6) is 6.58. The van der Waals surface area contributed by atoms with Crippen molar-refractivity contribution in [2.75, 3.05) is 32.0 Å². The fourth-order valence-electron chi connectivity index (χ4n) is 6.19. The third-order valence-electron chi connectivity index (χ3n) is 8.65. The summed E-state index contributed by atoms with van der Waals surface area (Å²) in [7, 11) is 0. The van der Waals surface area contributed by atoms with E-state index in [9.17, 15) is 14.7 Å². The van der Waals surface area contributed by atoms with E-state index in [0.29, 0.717) is 95.2 Å². The molecule has 6 aromatic rings. The number of phenolic OH excluding ortho intramolecular Hbond substituents is 1. The Labute approximate surface area is 291 Å². The molecule has 12 nitrogen and oxygen atoms in total. The fourth-order valence-corrected chi connectivity index (χ4v) is 6.39. The molecule has 4 N–H and O–H groups in total. The van der Waals surface area contributed by atoms with Gasteiger partial charge >= 0.3 is 0 Å². The number of hydrogen-bond acceptors (Lipinski definition) is 9. The van der Waals surface area contributed by atoms with E-state index in [0.717, 1.165) is 5.56 Å². The van der Waals surface area contributed by atoms with Crippen LogP contribution in [0.5, 0.6) is 5.75 Å². The molecule has 0 aliphatic carbocycles. The number of benzene rings is 3. The third-order valence-corrected chi connectivity index (χ3v) is 8.88. The molecule has 1 amide bonds. The number of hydrogen-bond donors (Lipinski definition) is 3. The predicted molar refractivity (Wildman–Crippen MR) is 191 cm³/mol. The monoisotopic (exact) mass is 688 g/mol. The van der Waals surface area contributed by atoms with Gasteiger partial charge < -0.3 is 25.5 Å². The van der Waals surface area contributed by atoms with Crippen molar-refractivity contribution in [3.05, 3.63) is 105 Å². The number of nitrogens with one attached hydrogen (secondary N) is 1. The number of carbonyl (C=O) groups is 1. The third kappa shape index (κ3) is 6.87. The summed E-state index contributed by atoms with van der Waals surface area (Å²) in [5, 5.41) is 16.5. The van der Waals surface area contributed by atoms with Gasteiger partial charge in [0.05, 0.1) is 42.0 Å². The molecule has 0 spiro atoms. The average molecular weight is 689 g/mol. The highest BCUT2D eigenvalue weighted by atomic mass is 35.5. The van der Waals surface area contributed by atoms with Crippen molar-refractivity contribution in [3.63, 3.8) is 0 Å². The molecule has 7 rings (SSSR count). The van der Waals surface area contributed by atoms with E-state index >= 15 is 0 Å². The lowest BCUT2D eigenvalue weighted by atomic mass is 9.97. The van der Waals surface area contributed by atoms with Gasteiger partial charge in [-0.05, 0) is 48.4 Å². The first-order valence-electron chi connectivity index (χ1n) is 16.2. The molecule has 1 aliphatic rings. The topological polar surface area (TPSA) is 165 Å². The highest BCUT2D eigenvalue weighted by molar-refractivity contribution is 6.30. The van der Waals surface area contributed by atoms with Crippen LogP contribution in [0.15, 0.2) is 77.9 Å². The summed E-state index contributed by atoms with van der Waals surface area (Å²) in [6, 6.07) is 19.5. The lowest BCUT2D eigenvalue weighted by molar-refractivity contribution is -0.135. The van der Waals surface area contributed by atoms with Crippen molar-refractivity contribution in [1.29, 1.82) is 0 Å². The van der Waals surface area contributed by atoms with E-state index in [1.807, 2.05) is 35.2 Å². The number of morpholine rings is 1. The molecule has 1 atom stereocenters. The lowest BCUT2D eigenvalue weighted by Crippen LogP contribution is -2.40. The summed E-state index contributed by atoms with van der Waals surface area (Å²) < 4.78 is 7.03. The van der Waals surface area contributed by atoms with E-state index < -0.39 is 5.92 Å². The van der Waals surface area contributed by atoms with Crippen LogP contribution < -0.4 is 11.3 Å². The van der Waals surface area contributed by atoms with Crippen LogP contribution in [-0.4, -0.2) is 71.9 Å². The Morgan fingerprint density at radius 3 is 2.70 bits per heavy atom. The summed E-state index contributed by atoms with van der Waals surface area (Å²) >= 11 is 6.45. The number of phenols is 1. The highest BCUT2D eigenvalue weighted by Gasteiger charge is 2.25. The van der Waals surface area contributed by atoms with Crippen LogP contribution in [0.2, 0.25) is 5.02 Å². The number of rotatable bonds is 8. The van der Waals surface area contributed by atoms with Crippen molar-refractivity contribution in [3.8, 4) is 28.8 Å². The van der Waals surface area contributed by atoms with Crippen LogP contribution in [-0.2, 0) is 16.1 Å². The van der Waals surface area contributed by atoms with Crippen molar-refractivity contribution in [2.24, 2.45) is 0 Å². The second kappa shape index (κ2) is 14.4. The summed E-state index contributed by atoms with van der Waals surface area (Å²) in [4.78, 5) is 44.7. The van der Waals surface area contributed by atoms with E-state index in [-0.39, 0.29) is 29.6 Å². The molecule has 1 aliphatic heterocycles. The number of anilines is 1. The Kier molecular flexibility index (Phi) is 9.42. The molecule has 0 bridgehead atoms. The first kappa shape index (κ1) is 32.8. The minimum atomic E-state index is -0.513. The number of unbranched alkanes of at least 4 members (excludes halogenated alkanes) is 1. The van der Waals surface area contributed by atoms with Gasteiger partial charge in [0.2, 0.25) is 5.91 Å². The van der Waals surface area contributed by atoms with Gasteiger partial charge in [0.15, 0.2) is 5.65 Å². The molecule has 4 heterocycles. The van der Waals surface area contributed by atoms with Gasteiger partial charge in [-0.15, -0.1) is 0 Å². The fraction of sp³-hybridized carbons (Fsp3) is 0.243. The zero-order valence-corrected chi connectivity index (χ0v) is 27.7. The number of nitrogens with zero attached hydrogens (tertiary/aromatic N) is 6. The summed E-state index contributed by atoms with van der Waals surface area (Å²) in [5.41, 5.74) is 9.48. The Morgan fingerprint density at radius 1 is 1.06 bits per heavy atom.